The van der Waals surface area contributed by atoms with Crippen LogP contribution in [0.1, 0.15) is 22.3 Å². The third kappa shape index (κ3) is 2.54. The molecule has 0 saturated carbocycles. The smallest absolute Gasteiger partial charge is 0.256 e. The molecule has 1 fully saturated rings. The number of nitrogens with two attached hydrogens (primary N) is 2. The maximum atomic E-state index is 12.8. The fraction of sp³-hybridized carbons (Fsp3) is 0.312. The van der Waals surface area contributed by atoms with Crippen LogP contribution in [0.5, 0.6) is 5.75 Å². The predicted octanol–water partition coefficient (Wildman–Crippen LogP) is 0.575. The third-order valence-corrected chi connectivity index (χ3v) is 4.29. The first kappa shape index (κ1) is 15.1. The number of aryl methyl sites for hydroxylation is 1. The van der Waals surface area contributed by atoms with Crippen molar-refractivity contribution in [3.05, 3.63) is 35.4 Å². The molecular weight excluding hydrogens is 296 g/mol. The molecule has 0 radical (unpaired) electrons. The second kappa shape index (κ2) is 5.42. The number of phenolic OH excluding ortho intramolecular Hbond substituents is 1. The van der Waals surface area contributed by atoms with Gasteiger partial charge in [0.05, 0.1) is 11.6 Å². The molecule has 0 aliphatic carbocycles. The van der Waals surface area contributed by atoms with Gasteiger partial charge in [-0.2, -0.15) is 0 Å². The molecule has 0 bridgehead atoms. The van der Waals surface area contributed by atoms with E-state index < -0.39 is 5.91 Å². The number of aliphatic imine (C=N–C) groups is 1. The minimum atomic E-state index is -0.522. The number of hydrogen-bond acceptors (Lipinski definition) is 5. The van der Waals surface area contributed by atoms with E-state index in [1.165, 1.54) is 6.08 Å². The summed E-state index contributed by atoms with van der Waals surface area (Å²) < 4.78 is 0. The minimum Gasteiger partial charge on any atom is -0.505 e. The van der Waals surface area contributed by atoms with Gasteiger partial charge in [-0.05, 0) is 37.0 Å². The number of rotatable bonds is 2. The van der Waals surface area contributed by atoms with Crippen LogP contribution in [-0.4, -0.2) is 40.2 Å². The van der Waals surface area contributed by atoms with Crippen LogP contribution in [0.2, 0.25) is 0 Å². The first-order valence-electron chi connectivity index (χ1n) is 7.33. The molecule has 0 aromatic heterocycles. The average molecular weight is 314 g/mol. The number of carbonyl (C=O) groups is 2. The van der Waals surface area contributed by atoms with Crippen LogP contribution in [0.25, 0.3) is 0 Å². The lowest BCUT2D eigenvalue weighted by molar-refractivity contribution is -0.113. The Labute approximate surface area is 133 Å². The molecule has 2 atom stereocenters. The highest BCUT2D eigenvalue weighted by molar-refractivity contribution is 6.07. The zero-order valence-electron chi connectivity index (χ0n) is 12.7. The quantitative estimate of drug-likeness (QED) is 0.691. The van der Waals surface area contributed by atoms with E-state index in [1.807, 2.05) is 0 Å². The number of carbonyl (C=O) groups excluding carboxylic acids is 2. The van der Waals surface area contributed by atoms with E-state index in [4.69, 9.17) is 11.5 Å². The third-order valence-electron chi connectivity index (χ3n) is 4.29. The molecule has 1 saturated heterocycles. The Hall–Kier alpha value is -2.83. The standard InChI is InChI=1S/C16H18N4O3/c1-8-2-4-10-13(14(8)22)19-15(18)11-6-9(3-5-12(17)21)7-20(11)16(10)23/h2-5,9,11,22H,6-7H2,1H3,(H2,17,21)(H2,18,19)/b5-3+/t9-,11-/m0/s1. The summed E-state index contributed by atoms with van der Waals surface area (Å²) in [6.45, 7) is 2.17. The monoisotopic (exact) mass is 314 g/mol. The molecule has 0 spiro atoms. The van der Waals surface area contributed by atoms with Gasteiger partial charge in [-0.25, -0.2) is 4.99 Å². The number of amidine groups is 1. The molecule has 2 aliphatic rings. The van der Waals surface area contributed by atoms with E-state index in [9.17, 15) is 14.7 Å². The molecule has 23 heavy (non-hydrogen) atoms. The van der Waals surface area contributed by atoms with E-state index in [0.717, 1.165) is 0 Å². The molecule has 1 aromatic carbocycles. The van der Waals surface area contributed by atoms with Gasteiger partial charge in [0.1, 0.15) is 17.3 Å². The summed E-state index contributed by atoms with van der Waals surface area (Å²) in [5.74, 6) is -0.491. The van der Waals surface area contributed by atoms with Gasteiger partial charge in [0.2, 0.25) is 5.91 Å². The van der Waals surface area contributed by atoms with Crippen molar-refractivity contribution >= 4 is 23.3 Å². The van der Waals surface area contributed by atoms with Crippen LogP contribution in [0, 0.1) is 12.8 Å². The van der Waals surface area contributed by atoms with Gasteiger partial charge in [-0.3, -0.25) is 9.59 Å². The topological polar surface area (TPSA) is 122 Å². The number of benzene rings is 1. The molecule has 7 nitrogen and oxygen atoms in total. The van der Waals surface area contributed by atoms with Crippen LogP contribution in [0.4, 0.5) is 5.69 Å². The summed E-state index contributed by atoms with van der Waals surface area (Å²) in [4.78, 5) is 29.6. The summed E-state index contributed by atoms with van der Waals surface area (Å²) in [5, 5.41) is 10.2. The molecule has 3 rings (SSSR count). The van der Waals surface area contributed by atoms with Gasteiger partial charge in [-0.1, -0.05) is 12.1 Å². The second-order valence-corrected chi connectivity index (χ2v) is 5.89. The number of hydrogen-bond donors (Lipinski definition) is 3. The summed E-state index contributed by atoms with van der Waals surface area (Å²) in [5.41, 5.74) is 12.4. The second-order valence-electron chi connectivity index (χ2n) is 5.89. The van der Waals surface area contributed by atoms with Crippen LogP contribution < -0.4 is 11.5 Å². The largest absolute Gasteiger partial charge is 0.505 e. The first-order chi connectivity index (χ1) is 10.9. The fourth-order valence-corrected chi connectivity index (χ4v) is 3.07. The van der Waals surface area contributed by atoms with Crippen molar-refractivity contribution in [3.8, 4) is 5.75 Å². The van der Waals surface area contributed by atoms with Crippen molar-refractivity contribution in [3.63, 3.8) is 0 Å². The molecular formula is C16H18N4O3. The summed E-state index contributed by atoms with van der Waals surface area (Å²) >= 11 is 0. The zero-order valence-corrected chi connectivity index (χ0v) is 12.7. The molecule has 2 amide bonds. The number of fused-ring (bicyclic) bond motifs is 2. The molecule has 7 heteroatoms. The highest BCUT2D eigenvalue weighted by Crippen LogP contribution is 2.39. The fourth-order valence-electron chi connectivity index (χ4n) is 3.07. The van der Waals surface area contributed by atoms with E-state index in [-0.39, 0.29) is 35.1 Å². The van der Waals surface area contributed by atoms with Crippen molar-refractivity contribution in [2.45, 2.75) is 19.4 Å². The molecule has 5 N–H and O–H groups in total. The summed E-state index contributed by atoms with van der Waals surface area (Å²) in [6.07, 6.45) is 3.57. The lowest BCUT2D eigenvalue weighted by Crippen LogP contribution is -2.42. The predicted molar refractivity (Wildman–Crippen MR) is 85.4 cm³/mol. The molecule has 1 aromatic rings. The van der Waals surface area contributed by atoms with E-state index in [2.05, 4.69) is 4.99 Å². The van der Waals surface area contributed by atoms with Crippen LogP contribution in [0.3, 0.4) is 0 Å². The number of primary amides is 1. The van der Waals surface area contributed by atoms with Crippen LogP contribution >= 0.6 is 0 Å². The van der Waals surface area contributed by atoms with Crippen molar-refractivity contribution < 1.29 is 14.7 Å². The van der Waals surface area contributed by atoms with Crippen LogP contribution in [0.15, 0.2) is 29.3 Å². The number of aromatic hydroxyl groups is 1. The highest BCUT2D eigenvalue weighted by Gasteiger charge is 2.40. The number of nitrogens with zero attached hydrogens (tertiary/aromatic N) is 2. The summed E-state index contributed by atoms with van der Waals surface area (Å²) in [7, 11) is 0. The molecule has 0 unspecified atom stereocenters. The van der Waals surface area contributed by atoms with Gasteiger partial charge < -0.3 is 21.5 Å². The highest BCUT2D eigenvalue weighted by atomic mass is 16.3. The Morgan fingerprint density at radius 1 is 1.48 bits per heavy atom. The Kier molecular flexibility index (Phi) is 3.55. The Morgan fingerprint density at radius 2 is 2.22 bits per heavy atom. The van der Waals surface area contributed by atoms with E-state index in [1.54, 1.807) is 30.0 Å². The maximum Gasteiger partial charge on any atom is 0.256 e. The zero-order chi connectivity index (χ0) is 16.7. The van der Waals surface area contributed by atoms with Gasteiger partial charge in [0.15, 0.2) is 0 Å². The van der Waals surface area contributed by atoms with E-state index in [0.29, 0.717) is 24.1 Å². The maximum absolute atomic E-state index is 12.8. The van der Waals surface area contributed by atoms with Crippen LogP contribution in [-0.2, 0) is 4.79 Å². The number of amides is 2. The molecule has 120 valence electrons. The summed E-state index contributed by atoms with van der Waals surface area (Å²) in [6, 6.07) is 2.98. The van der Waals surface area contributed by atoms with Crippen molar-refractivity contribution in [2.75, 3.05) is 6.54 Å². The SMILES string of the molecule is Cc1ccc2c(c1O)N=C(N)[C@@H]1C[C@H](/C=C/C(N)=O)CN1C2=O. The Balaban J connectivity index is 1.99. The first-order valence-corrected chi connectivity index (χ1v) is 7.33. The van der Waals surface area contributed by atoms with Gasteiger partial charge >= 0.3 is 0 Å². The number of phenols is 1. The lowest BCUT2D eigenvalue weighted by Gasteiger charge is -2.21. The van der Waals surface area contributed by atoms with E-state index >= 15 is 0 Å². The molecule has 2 heterocycles. The average Bonchev–Trinajstić information content (AvgIpc) is 2.90. The Bertz CT molecular complexity index is 754. The lowest BCUT2D eigenvalue weighted by atomic mass is 10.0. The molecule has 2 aliphatic heterocycles. The normalized spacial score (nSPS) is 23.4. The minimum absolute atomic E-state index is 0.00852. The van der Waals surface area contributed by atoms with Crippen molar-refractivity contribution in [2.24, 2.45) is 22.4 Å². The van der Waals surface area contributed by atoms with Crippen molar-refractivity contribution in [1.29, 1.82) is 0 Å². The van der Waals surface area contributed by atoms with Gasteiger partial charge in [0.25, 0.3) is 5.91 Å². The van der Waals surface area contributed by atoms with Crippen molar-refractivity contribution in [1.82, 2.24) is 4.90 Å². The van der Waals surface area contributed by atoms with Gasteiger partial charge in [-0.15, -0.1) is 0 Å². The van der Waals surface area contributed by atoms with Gasteiger partial charge in [0, 0.05) is 6.54 Å². The Morgan fingerprint density at radius 3 is 2.91 bits per heavy atom.